The van der Waals surface area contributed by atoms with Gasteiger partial charge in [0, 0.05) is 12.0 Å². The van der Waals surface area contributed by atoms with Gasteiger partial charge in [-0.05, 0) is 34.6 Å². The summed E-state index contributed by atoms with van der Waals surface area (Å²) in [5.74, 6) is -0.904. The van der Waals surface area contributed by atoms with Gasteiger partial charge in [0.15, 0.2) is 0 Å². The van der Waals surface area contributed by atoms with E-state index in [0.29, 0.717) is 4.88 Å². The minimum Gasteiger partial charge on any atom is -0.382 e. The van der Waals surface area contributed by atoms with Crippen LogP contribution in [0.25, 0.3) is 10.4 Å². The van der Waals surface area contributed by atoms with E-state index in [1.807, 2.05) is 12.1 Å². The normalized spacial score (nSPS) is 15.8. The van der Waals surface area contributed by atoms with Crippen LogP contribution in [0.2, 0.25) is 0 Å². The van der Waals surface area contributed by atoms with Crippen molar-refractivity contribution >= 4 is 23.2 Å². The Bertz CT molecular complexity index is 826. The van der Waals surface area contributed by atoms with E-state index in [4.69, 9.17) is 10.5 Å². The van der Waals surface area contributed by atoms with Crippen LogP contribution in [0.1, 0.15) is 34.6 Å². The van der Waals surface area contributed by atoms with E-state index < -0.39 is 11.9 Å². The van der Waals surface area contributed by atoms with Crippen LogP contribution >= 0.6 is 11.3 Å². The van der Waals surface area contributed by atoms with Gasteiger partial charge < -0.3 is 15.8 Å². The second kappa shape index (κ2) is 6.61. The van der Waals surface area contributed by atoms with E-state index in [0.717, 1.165) is 11.3 Å². The zero-order valence-corrected chi connectivity index (χ0v) is 15.4. The third-order valence-electron chi connectivity index (χ3n) is 4.55. The van der Waals surface area contributed by atoms with Crippen LogP contribution in [0, 0.1) is 0 Å². The Labute approximate surface area is 151 Å². The van der Waals surface area contributed by atoms with Gasteiger partial charge in [-0.2, -0.15) is 0 Å². The molecule has 25 heavy (non-hydrogen) atoms. The predicted molar refractivity (Wildman–Crippen MR) is 98.8 cm³/mol. The third-order valence-corrected chi connectivity index (χ3v) is 5.76. The predicted octanol–water partition coefficient (Wildman–Crippen LogP) is 2.48. The highest BCUT2D eigenvalue weighted by Crippen LogP contribution is 2.46. The van der Waals surface area contributed by atoms with Crippen LogP contribution in [0.5, 0.6) is 0 Å². The van der Waals surface area contributed by atoms with Gasteiger partial charge in [0.25, 0.3) is 5.91 Å². The number of methoxy groups -OCH3 is 1. The number of ether oxygens (including phenoxy) is 1. The van der Waals surface area contributed by atoms with Crippen LogP contribution in [-0.4, -0.2) is 31.6 Å². The van der Waals surface area contributed by atoms with E-state index in [2.05, 4.69) is 37.4 Å². The molecule has 0 unspecified atom stereocenters. The number of benzene rings is 1. The first-order chi connectivity index (χ1) is 11.8. The minimum atomic E-state index is -0.833. The molecule has 0 bridgehead atoms. The van der Waals surface area contributed by atoms with Crippen LogP contribution < -0.4 is 11.1 Å². The maximum absolute atomic E-state index is 12.6. The molecule has 3 rings (SSSR count). The van der Waals surface area contributed by atoms with Crippen molar-refractivity contribution in [3.8, 4) is 10.4 Å². The summed E-state index contributed by atoms with van der Waals surface area (Å²) in [4.78, 5) is 25.7. The van der Waals surface area contributed by atoms with Gasteiger partial charge in [-0.1, -0.05) is 38.1 Å². The molecule has 0 aliphatic heterocycles. The first kappa shape index (κ1) is 17.6. The molecular formula is C19H22N2O3S. The molecule has 0 spiro atoms. The van der Waals surface area contributed by atoms with Gasteiger partial charge in [-0.25, -0.2) is 0 Å². The Morgan fingerprint density at radius 2 is 2.08 bits per heavy atom. The minimum absolute atomic E-state index is 0.0181. The lowest BCUT2D eigenvalue weighted by Gasteiger charge is -2.32. The van der Waals surface area contributed by atoms with E-state index in [1.54, 1.807) is 0 Å². The van der Waals surface area contributed by atoms with Crippen molar-refractivity contribution in [2.75, 3.05) is 13.7 Å². The molecule has 1 atom stereocenters. The Morgan fingerprint density at radius 3 is 2.76 bits per heavy atom. The molecule has 1 aromatic carbocycles. The van der Waals surface area contributed by atoms with Crippen molar-refractivity contribution in [2.24, 2.45) is 5.73 Å². The lowest BCUT2D eigenvalue weighted by Crippen LogP contribution is -2.47. The van der Waals surface area contributed by atoms with Gasteiger partial charge in [0.2, 0.25) is 5.91 Å². The fourth-order valence-electron chi connectivity index (χ4n) is 3.33. The average molecular weight is 358 g/mol. The molecule has 2 aromatic rings. The Balaban J connectivity index is 1.92. The van der Waals surface area contributed by atoms with Crippen molar-refractivity contribution < 1.29 is 14.3 Å². The van der Waals surface area contributed by atoms with Gasteiger partial charge in [-0.15, -0.1) is 11.3 Å². The Kier molecular flexibility index (Phi) is 4.67. The van der Waals surface area contributed by atoms with Crippen LogP contribution in [0.15, 0.2) is 30.3 Å². The van der Waals surface area contributed by atoms with Crippen molar-refractivity contribution in [2.45, 2.75) is 31.7 Å². The number of carbonyl (C=O) groups is 2. The molecule has 132 valence electrons. The topological polar surface area (TPSA) is 81.4 Å². The number of carbonyl (C=O) groups excluding carboxylic acids is 2. The van der Waals surface area contributed by atoms with Crippen molar-refractivity contribution in [1.29, 1.82) is 0 Å². The first-order valence-corrected chi connectivity index (χ1v) is 8.97. The molecule has 1 heterocycles. The molecular weight excluding hydrogens is 336 g/mol. The summed E-state index contributed by atoms with van der Waals surface area (Å²) in [5, 5.41) is 2.66. The summed E-state index contributed by atoms with van der Waals surface area (Å²) in [5.41, 5.74) is 8.98. The number of nitrogens with two attached hydrogens (primary N) is 1. The van der Waals surface area contributed by atoms with E-state index in [1.165, 1.54) is 35.1 Å². The monoisotopic (exact) mass is 358 g/mol. The third kappa shape index (κ3) is 3.32. The summed E-state index contributed by atoms with van der Waals surface area (Å²) in [6, 6.07) is 9.42. The summed E-state index contributed by atoms with van der Waals surface area (Å²) >= 11 is 1.45. The molecule has 6 heteroatoms. The van der Waals surface area contributed by atoms with Crippen LogP contribution in [-0.2, 0) is 21.4 Å². The highest BCUT2D eigenvalue weighted by molar-refractivity contribution is 7.17. The molecule has 0 fully saturated rings. The van der Waals surface area contributed by atoms with Crippen LogP contribution in [0.4, 0.5) is 0 Å². The number of hydrogen-bond donors (Lipinski definition) is 2. The highest BCUT2D eigenvalue weighted by atomic mass is 32.1. The lowest BCUT2D eigenvalue weighted by atomic mass is 9.73. The molecule has 0 radical (unpaired) electrons. The zero-order valence-electron chi connectivity index (χ0n) is 14.6. The van der Waals surface area contributed by atoms with E-state index in [-0.39, 0.29) is 17.9 Å². The van der Waals surface area contributed by atoms with Crippen LogP contribution in [0.3, 0.4) is 0 Å². The molecule has 3 N–H and O–H groups in total. The van der Waals surface area contributed by atoms with E-state index in [9.17, 15) is 9.59 Å². The number of nitrogens with one attached hydrogen (secondary N) is 1. The Hall–Kier alpha value is -2.18. The summed E-state index contributed by atoms with van der Waals surface area (Å²) in [6.07, 6.45) is 0.875. The molecule has 0 saturated carbocycles. The number of hydrogen-bond acceptors (Lipinski definition) is 4. The quantitative estimate of drug-likeness (QED) is 0.861. The fourth-order valence-corrected chi connectivity index (χ4v) is 4.46. The largest absolute Gasteiger partial charge is 0.382 e. The number of thiophene rings is 1. The number of primary amides is 1. The van der Waals surface area contributed by atoms with Gasteiger partial charge >= 0.3 is 0 Å². The summed E-state index contributed by atoms with van der Waals surface area (Å²) < 4.78 is 4.94. The van der Waals surface area contributed by atoms with Gasteiger partial charge in [0.05, 0.1) is 11.5 Å². The molecule has 5 nitrogen and oxygen atoms in total. The maximum atomic E-state index is 12.6. The highest BCUT2D eigenvalue weighted by Gasteiger charge is 2.33. The molecule has 0 saturated heterocycles. The molecule has 2 amide bonds. The van der Waals surface area contributed by atoms with Gasteiger partial charge in [-0.3, -0.25) is 9.59 Å². The summed E-state index contributed by atoms with van der Waals surface area (Å²) in [6.45, 7) is 4.49. The van der Waals surface area contributed by atoms with E-state index >= 15 is 0 Å². The SMILES string of the molecule is COC[C@H](NC(=O)c1cc2c(s1)-c1ccccc1C(C)(C)C2)C(N)=O. The van der Waals surface area contributed by atoms with Crippen molar-refractivity contribution in [3.05, 3.63) is 46.3 Å². The zero-order chi connectivity index (χ0) is 18.2. The second-order valence-corrected chi connectivity index (χ2v) is 8.01. The Morgan fingerprint density at radius 1 is 1.36 bits per heavy atom. The summed E-state index contributed by atoms with van der Waals surface area (Å²) in [7, 11) is 1.46. The molecule has 1 aromatic heterocycles. The smallest absolute Gasteiger partial charge is 0.262 e. The molecule has 1 aliphatic carbocycles. The van der Waals surface area contributed by atoms with Crippen molar-refractivity contribution in [1.82, 2.24) is 5.32 Å². The second-order valence-electron chi connectivity index (χ2n) is 6.96. The first-order valence-electron chi connectivity index (χ1n) is 8.15. The fraction of sp³-hybridized carbons (Fsp3) is 0.368. The maximum Gasteiger partial charge on any atom is 0.262 e. The van der Waals surface area contributed by atoms with Gasteiger partial charge in [0.1, 0.15) is 6.04 Å². The number of rotatable bonds is 5. The number of amides is 2. The van der Waals surface area contributed by atoms with Crippen molar-refractivity contribution in [3.63, 3.8) is 0 Å². The standard InChI is InChI=1S/C19H22N2O3S/c1-19(2)9-11-8-15(18(23)21-14(10-24-3)17(20)22)25-16(11)12-6-4-5-7-13(12)19/h4-8,14H,9-10H2,1-3H3,(H2,20,22)(H,21,23)/t14-/m0/s1. The average Bonchev–Trinajstić information content (AvgIpc) is 2.97. The molecule has 1 aliphatic rings. The number of fused-ring (bicyclic) bond motifs is 3. The lowest BCUT2D eigenvalue weighted by molar-refractivity contribution is -0.121.